The Morgan fingerprint density at radius 1 is 1.02 bits per heavy atom. The molecule has 0 radical (unpaired) electrons. The van der Waals surface area contributed by atoms with E-state index in [0.717, 1.165) is 38.4 Å². The molecule has 224 valence electrons. The van der Waals surface area contributed by atoms with E-state index in [-0.39, 0.29) is 29.7 Å². The number of amides is 3. The third-order valence-corrected chi connectivity index (χ3v) is 8.24. The zero-order valence-corrected chi connectivity index (χ0v) is 24.9. The molecule has 1 aliphatic heterocycles. The third kappa shape index (κ3) is 9.70. The molecule has 9 heteroatoms. The summed E-state index contributed by atoms with van der Waals surface area (Å²) in [5.41, 5.74) is 7.66. The minimum Gasteiger partial charge on any atom is -0.352 e. The van der Waals surface area contributed by atoms with Gasteiger partial charge < -0.3 is 31.4 Å². The number of aryl methyl sites for hydroxylation is 2. The van der Waals surface area contributed by atoms with Crippen LogP contribution < -0.4 is 21.7 Å². The van der Waals surface area contributed by atoms with Crippen LogP contribution >= 0.6 is 0 Å². The molecule has 5 N–H and O–H groups in total. The van der Waals surface area contributed by atoms with Gasteiger partial charge in [0.1, 0.15) is 12.3 Å². The Morgan fingerprint density at radius 3 is 2.15 bits per heavy atom. The molecule has 9 nitrogen and oxygen atoms in total. The average molecular weight is 558 g/mol. The van der Waals surface area contributed by atoms with E-state index < -0.39 is 18.1 Å². The van der Waals surface area contributed by atoms with Gasteiger partial charge in [-0.1, -0.05) is 50.5 Å². The minimum atomic E-state index is -0.633. The highest BCUT2D eigenvalue weighted by molar-refractivity contribution is 5.91. The number of nitrogens with zero attached hydrogens (tertiary/aromatic N) is 1. The summed E-state index contributed by atoms with van der Waals surface area (Å²) in [5.74, 6) is -0.451. The van der Waals surface area contributed by atoms with Crippen LogP contribution in [-0.2, 0) is 32.0 Å². The zero-order chi connectivity index (χ0) is 29.5. The second-order valence-electron chi connectivity index (χ2n) is 10.9. The summed E-state index contributed by atoms with van der Waals surface area (Å²) in [6.07, 6.45) is 11.9. The highest BCUT2D eigenvalue weighted by Crippen LogP contribution is 2.29. The van der Waals surface area contributed by atoms with E-state index in [1.165, 1.54) is 37.6 Å². The van der Waals surface area contributed by atoms with Crippen molar-refractivity contribution in [2.45, 2.75) is 109 Å². The largest absolute Gasteiger partial charge is 0.352 e. The first kappa shape index (κ1) is 33.4. The number of likely N-dealkylation sites (N-methyl/N-ethyl adjacent to an activating group) is 1. The Labute approximate surface area is 240 Å². The lowest BCUT2D eigenvalue weighted by Gasteiger charge is -2.34. The minimum absolute atomic E-state index is 0.0749. The summed E-state index contributed by atoms with van der Waals surface area (Å²) in [7, 11) is 3.20. The van der Waals surface area contributed by atoms with Gasteiger partial charge in [-0.2, -0.15) is 0 Å². The molecule has 1 heterocycles. The van der Waals surface area contributed by atoms with Crippen molar-refractivity contribution in [2.24, 2.45) is 11.7 Å². The van der Waals surface area contributed by atoms with E-state index >= 15 is 0 Å². The molecule has 3 aliphatic rings. The fraction of sp³-hybridized carbons (Fsp3) is 0.677. The van der Waals surface area contributed by atoms with Crippen molar-refractivity contribution in [1.29, 1.82) is 0 Å². The Kier molecular flexibility index (Phi) is 14.9. The normalized spacial score (nSPS) is 21.8. The number of fused-ring (bicyclic) bond motifs is 1. The van der Waals surface area contributed by atoms with Crippen LogP contribution in [0.4, 0.5) is 0 Å². The lowest BCUT2D eigenvalue weighted by atomic mass is 9.83. The van der Waals surface area contributed by atoms with Gasteiger partial charge in [0.05, 0.1) is 12.1 Å². The lowest BCUT2D eigenvalue weighted by molar-refractivity contribution is -0.140. The lowest BCUT2D eigenvalue weighted by Crippen LogP contribution is -2.57. The number of rotatable bonds is 8. The van der Waals surface area contributed by atoms with E-state index in [4.69, 9.17) is 0 Å². The van der Waals surface area contributed by atoms with Crippen LogP contribution in [0.1, 0.15) is 82.8 Å². The number of benzene rings is 1. The maximum Gasteiger partial charge on any atom is 0.246 e. The van der Waals surface area contributed by atoms with Crippen LogP contribution in [0.25, 0.3) is 0 Å². The summed E-state index contributed by atoms with van der Waals surface area (Å²) in [6.45, 7) is 3.81. The SMILES string of the molecule is CCC(=O)NC1CC(C=O)N(C(=O)C(NC(=O)[C@H](C)NC)C2CCCCC2)C1.CN.c1ccc2c(c1)CCCC2. The molecular weight excluding hydrogens is 506 g/mol. The molecule has 0 aromatic heterocycles. The molecule has 1 aromatic carbocycles. The number of nitrogens with two attached hydrogens (primary N) is 1. The maximum absolute atomic E-state index is 13.4. The summed E-state index contributed by atoms with van der Waals surface area (Å²) in [6, 6.07) is 6.96. The van der Waals surface area contributed by atoms with Crippen LogP contribution in [0, 0.1) is 5.92 Å². The maximum atomic E-state index is 13.4. The van der Waals surface area contributed by atoms with Gasteiger partial charge in [0, 0.05) is 19.0 Å². The van der Waals surface area contributed by atoms with Gasteiger partial charge in [-0.05, 0) is 83.0 Å². The number of carbonyl (C=O) groups is 4. The van der Waals surface area contributed by atoms with Crippen molar-refractivity contribution in [2.75, 3.05) is 20.6 Å². The topological polar surface area (TPSA) is 134 Å². The first-order valence-corrected chi connectivity index (χ1v) is 15.0. The molecule has 1 aromatic rings. The summed E-state index contributed by atoms with van der Waals surface area (Å²) in [4.78, 5) is 50.7. The van der Waals surface area contributed by atoms with E-state index in [1.54, 1.807) is 32.0 Å². The zero-order valence-electron chi connectivity index (χ0n) is 24.9. The molecule has 4 rings (SSSR count). The number of carbonyl (C=O) groups excluding carboxylic acids is 4. The fourth-order valence-electron chi connectivity index (χ4n) is 5.80. The second-order valence-corrected chi connectivity index (χ2v) is 10.9. The van der Waals surface area contributed by atoms with E-state index in [2.05, 4.69) is 45.9 Å². The van der Waals surface area contributed by atoms with Crippen molar-refractivity contribution >= 4 is 24.0 Å². The van der Waals surface area contributed by atoms with Crippen molar-refractivity contribution in [1.82, 2.24) is 20.9 Å². The molecule has 40 heavy (non-hydrogen) atoms. The summed E-state index contributed by atoms with van der Waals surface area (Å²) < 4.78 is 0. The Bertz CT molecular complexity index is 924. The number of hydrogen-bond acceptors (Lipinski definition) is 6. The molecule has 3 unspecified atom stereocenters. The molecule has 4 atom stereocenters. The van der Waals surface area contributed by atoms with Gasteiger partial charge in [-0.3, -0.25) is 14.4 Å². The van der Waals surface area contributed by atoms with Crippen molar-refractivity contribution < 1.29 is 19.2 Å². The van der Waals surface area contributed by atoms with Crippen LogP contribution in [0.2, 0.25) is 0 Å². The molecule has 1 saturated carbocycles. The molecule has 2 aliphatic carbocycles. The highest BCUT2D eigenvalue weighted by atomic mass is 16.2. The van der Waals surface area contributed by atoms with Crippen LogP contribution in [0.3, 0.4) is 0 Å². The van der Waals surface area contributed by atoms with Crippen molar-refractivity contribution in [3.8, 4) is 0 Å². The van der Waals surface area contributed by atoms with Gasteiger partial charge in [0.25, 0.3) is 0 Å². The monoisotopic (exact) mass is 557 g/mol. The van der Waals surface area contributed by atoms with Gasteiger partial charge in [-0.25, -0.2) is 0 Å². The first-order chi connectivity index (χ1) is 19.4. The summed E-state index contributed by atoms with van der Waals surface area (Å²) >= 11 is 0. The van der Waals surface area contributed by atoms with Gasteiger partial charge >= 0.3 is 0 Å². The fourth-order valence-corrected chi connectivity index (χ4v) is 5.80. The second kappa shape index (κ2) is 17.8. The number of nitrogens with one attached hydrogen (secondary N) is 3. The van der Waals surface area contributed by atoms with Crippen molar-refractivity contribution in [3.05, 3.63) is 35.4 Å². The van der Waals surface area contributed by atoms with E-state index in [0.29, 0.717) is 19.4 Å². The van der Waals surface area contributed by atoms with E-state index in [9.17, 15) is 19.2 Å². The molecule has 2 fully saturated rings. The van der Waals surface area contributed by atoms with Gasteiger partial charge in [-0.15, -0.1) is 0 Å². The molecule has 0 bridgehead atoms. The number of hydrogen-bond donors (Lipinski definition) is 4. The average Bonchev–Trinajstić information content (AvgIpc) is 3.43. The smallest absolute Gasteiger partial charge is 0.246 e. The van der Waals surface area contributed by atoms with Gasteiger partial charge in [0.2, 0.25) is 17.7 Å². The Hall–Kier alpha value is -2.78. The predicted molar refractivity (Wildman–Crippen MR) is 159 cm³/mol. The molecular formula is C31H51N5O4. The van der Waals surface area contributed by atoms with Crippen LogP contribution in [0.5, 0.6) is 0 Å². The quantitative estimate of drug-likeness (QED) is 0.363. The number of aldehydes is 1. The highest BCUT2D eigenvalue weighted by Gasteiger charge is 2.41. The van der Waals surface area contributed by atoms with Crippen LogP contribution in [0.15, 0.2) is 24.3 Å². The predicted octanol–water partition coefficient (Wildman–Crippen LogP) is 2.49. The Morgan fingerprint density at radius 2 is 1.62 bits per heavy atom. The number of likely N-dealkylation sites (tertiary alicyclic amines) is 1. The van der Waals surface area contributed by atoms with Crippen LogP contribution in [-0.4, -0.2) is 73.7 Å². The molecule has 3 amide bonds. The van der Waals surface area contributed by atoms with E-state index in [1.807, 2.05) is 0 Å². The van der Waals surface area contributed by atoms with Crippen molar-refractivity contribution in [3.63, 3.8) is 0 Å². The standard InChI is InChI=1S/C20H34N4O4.C10H12.CH5N/c1-4-17(26)22-15-10-16(12-25)24(11-15)20(28)18(14-8-6-5-7-9-14)23-19(27)13(2)21-3;1-2-6-10-8-4-3-7-9(10)5-1;1-2/h12-16,18,21H,4-11H2,1-3H3,(H,22,26)(H,23,27);1-2,5-6H,3-4,7-8H2;2H2,1H3/t13-,15?,16?,18?;;/m0../s1. The van der Waals surface area contributed by atoms with Gasteiger partial charge in [0.15, 0.2) is 0 Å². The first-order valence-electron chi connectivity index (χ1n) is 15.0. The Balaban J connectivity index is 0.000000384. The molecule has 0 spiro atoms. The third-order valence-electron chi connectivity index (χ3n) is 8.24. The molecule has 1 saturated heterocycles. The summed E-state index contributed by atoms with van der Waals surface area (Å²) in [5, 5.41) is 8.70.